The highest BCUT2D eigenvalue weighted by Crippen LogP contribution is 2.33. The molecule has 6 heteroatoms. The Balaban J connectivity index is 1.33. The van der Waals surface area contributed by atoms with Gasteiger partial charge in [0.1, 0.15) is 0 Å². The number of amides is 1. The van der Waals surface area contributed by atoms with Gasteiger partial charge in [-0.25, -0.2) is 9.97 Å². The molecule has 5 nitrogen and oxygen atoms in total. The Bertz CT molecular complexity index is 1340. The molecule has 0 unspecified atom stereocenters. The average molecular weight is 454 g/mol. The molecule has 0 radical (unpaired) electrons. The summed E-state index contributed by atoms with van der Waals surface area (Å²) in [6.07, 6.45) is 2.47. The van der Waals surface area contributed by atoms with E-state index in [-0.39, 0.29) is 23.6 Å². The van der Waals surface area contributed by atoms with Gasteiger partial charge in [-0.3, -0.25) is 14.9 Å². The fraction of sp³-hybridized carbons (Fsp3) is 0.111. The number of benzene rings is 3. The lowest BCUT2D eigenvalue weighted by molar-refractivity contribution is 0.0962. The minimum absolute atomic E-state index is 0.00407. The Labute approximate surface area is 196 Å². The third-order valence-electron chi connectivity index (χ3n) is 5.84. The van der Waals surface area contributed by atoms with E-state index in [1.54, 1.807) is 12.1 Å². The molecule has 1 amide bonds. The van der Waals surface area contributed by atoms with Crippen molar-refractivity contribution >= 4 is 29.2 Å². The Morgan fingerprint density at radius 2 is 1.67 bits per heavy atom. The van der Waals surface area contributed by atoms with Gasteiger partial charge < -0.3 is 0 Å². The van der Waals surface area contributed by atoms with Crippen molar-refractivity contribution in [2.45, 2.75) is 18.8 Å². The molecular formula is C27H20ClN3O2. The Morgan fingerprint density at radius 3 is 2.42 bits per heavy atom. The van der Waals surface area contributed by atoms with Crippen LogP contribution in [0.15, 0.2) is 85.1 Å². The molecular weight excluding hydrogens is 434 g/mol. The van der Waals surface area contributed by atoms with Gasteiger partial charge in [-0.2, -0.15) is 0 Å². The van der Waals surface area contributed by atoms with Gasteiger partial charge in [0.05, 0.1) is 11.3 Å². The number of ketones is 1. The summed E-state index contributed by atoms with van der Waals surface area (Å²) in [6, 6.07) is 24.9. The van der Waals surface area contributed by atoms with Crippen molar-refractivity contribution in [1.82, 2.24) is 9.97 Å². The topological polar surface area (TPSA) is 72.0 Å². The summed E-state index contributed by atoms with van der Waals surface area (Å²) in [6.45, 7) is 0. The van der Waals surface area contributed by atoms with E-state index in [2.05, 4.69) is 15.3 Å². The van der Waals surface area contributed by atoms with E-state index in [1.807, 2.05) is 66.7 Å². The number of rotatable bonds is 4. The van der Waals surface area contributed by atoms with Crippen LogP contribution in [-0.2, 0) is 6.42 Å². The molecule has 3 aromatic carbocycles. The van der Waals surface area contributed by atoms with Crippen molar-refractivity contribution < 1.29 is 9.59 Å². The first-order valence-corrected chi connectivity index (χ1v) is 11.1. The molecule has 1 atom stereocenters. The van der Waals surface area contributed by atoms with Crippen LogP contribution in [0.5, 0.6) is 0 Å². The molecule has 4 aromatic rings. The molecule has 1 heterocycles. The number of hydrogen-bond donors (Lipinski definition) is 1. The monoisotopic (exact) mass is 453 g/mol. The molecule has 1 aromatic heterocycles. The van der Waals surface area contributed by atoms with E-state index in [0.717, 1.165) is 16.7 Å². The van der Waals surface area contributed by atoms with Crippen molar-refractivity contribution in [3.05, 3.63) is 112 Å². The fourth-order valence-electron chi connectivity index (χ4n) is 4.12. The van der Waals surface area contributed by atoms with Crippen molar-refractivity contribution in [2.24, 2.45) is 0 Å². The average Bonchev–Trinajstić information content (AvgIpc) is 2.84. The normalized spacial score (nSPS) is 15.1. The number of Topliss-reactive ketones (excluding diaryl/α,β-unsaturated/α-hetero) is 1. The van der Waals surface area contributed by atoms with E-state index in [9.17, 15) is 9.59 Å². The van der Waals surface area contributed by atoms with Crippen molar-refractivity contribution in [3.8, 4) is 11.1 Å². The molecule has 0 saturated carbocycles. The smallest absolute Gasteiger partial charge is 0.258 e. The second-order valence-corrected chi connectivity index (χ2v) is 8.47. The van der Waals surface area contributed by atoms with Crippen LogP contribution in [-0.4, -0.2) is 21.7 Å². The molecule has 0 saturated heterocycles. The number of nitrogens with zero attached hydrogens (tertiary/aromatic N) is 2. The van der Waals surface area contributed by atoms with Gasteiger partial charge in [-0.1, -0.05) is 66.2 Å². The maximum Gasteiger partial charge on any atom is 0.258 e. The Kier molecular flexibility index (Phi) is 5.71. The van der Waals surface area contributed by atoms with E-state index in [1.165, 1.54) is 6.20 Å². The molecule has 0 bridgehead atoms. The van der Waals surface area contributed by atoms with Gasteiger partial charge in [0.15, 0.2) is 5.78 Å². The summed E-state index contributed by atoms with van der Waals surface area (Å²) in [5.74, 6) is -0.128. The highest BCUT2D eigenvalue weighted by molar-refractivity contribution is 6.30. The van der Waals surface area contributed by atoms with E-state index in [4.69, 9.17) is 11.6 Å². The predicted molar refractivity (Wildman–Crippen MR) is 129 cm³/mol. The van der Waals surface area contributed by atoms with Gasteiger partial charge in [0.2, 0.25) is 5.95 Å². The number of aromatic nitrogens is 2. The van der Waals surface area contributed by atoms with Crippen LogP contribution in [0, 0.1) is 0 Å². The Hall–Kier alpha value is -3.83. The minimum atomic E-state index is -0.303. The summed E-state index contributed by atoms with van der Waals surface area (Å²) >= 11 is 6.13. The van der Waals surface area contributed by atoms with Crippen LogP contribution < -0.4 is 5.32 Å². The molecule has 1 aliphatic carbocycles. The molecule has 162 valence electrons. The third kappa shape index (κ3) is 4.54. The lowest BCUT2D eigenvalue weighted by Gasteiger charge is -2.23. The van der Waals surface area contributed by atoms with E-state index in [0.29, 0.717) is 34.7 Å². The second-order valence-electron chi connectivity index (χ2n) is 8.03. The van der Waals surface area contributed by atoms with Crippen LogP contribution >= 0.6 is 11.6 Å². The van der Waals surface area contributed by atoms with Crippen LogP contribution in [0.1, 0.15) is 44.3 Å². The number of nitrogens with one attached hydrogen (secondary N) is 1. The van der Waals surface area contributed by atoms with Gasteiger partial charge in [-0.15, -0.1) is 0 Å². The van der Waals surface area contributed by atoms with Gasteiger partial charge >= 0.3 is 0 Å². The zero-order valence-corrected chi connectivity index (χ0v) is 18.4. The number of fused-ring (bicyclic) bond motifs is 1. The second kappa shape index (κ2) is 8.96. The first-order valence-electron chi connectivity index (χ1n) is 10.7. The minimum Gasteiger partial charge on any atom is -0.294 e. The number of carbonyl (C=O) groups excluding carboxylic acids is 2. The summed E-state index contributed by atoms with van der Waals surface area (Å²) in [7, 11) is 0. The summed E-state index contributed by atoms with van der Waals surface area (Å²) in [5, 5.41) is 3.39. The summed E-state index contributed by atoms with van der Waals surface area (Å²) in [5.41, 5.74) is 4.77. The maximum atomic E-state index is 12.7. The van der Waals surface area contributed by atoms with Gasteiger partial charge in [0.25, 0.3) is 5.91 Å². The summed E-state index contributed by atoms with van der Waals surface area (Å²) < 4.78 is 0. The summed E-state index contributed by atoms with van der Waals surface area (Å²) in [4.78, 5) is 34.1. The largest absolute Gasteiger partial charge is 0.294 e. The Morgan fingerprint density at radius 1 is 0.909 bits per heavy atom. The number of anilines is 1. The zero-order chi connectivity index (χ0) is 22.8. The first-order chi connectivity index (χ1) is 16.1. The molecule has 5 rings (SSSR count). The number of hydrogen-bond acceptors (Lipinski definition) is 4. The van der Waals surface area contributed by atoms with Crippen molar-refractivity contribution in [3.63, 3.8) is 0 Å². The number of carbonyl (C=O) groups is 2. The quantitative estimate of drug-likeness (QED) is 0.413. The lowest BCUT2D eigenvalue weighted by Crippen LogP contribution is -2.22. The number of halogens is 1. The lowest BCUT2D eigenvalue weighted by atomic mass is 9.82. The third-order valence-corrected chi connectivity index (χ3v) is 6.07. The zero-order valence-electron chi connectivity index (χ0n) is 17.7. The van der Waals surface area contributed by atoms with Crippen molar-refractivity contribution in [1.29, 1.82) is 0 Å². The molecule has 0 aliphatic heterocycles. The maximum absolute atomic E-state index is 12.7. The SMILES string of the molecule is O=C(Nc1ncc2c(n1)C[C@H](c1cccc(Cl)c1)CC2=O)c1ccc(-c2ccccc2)cc1. The van der Waals surface area contributed by atoms with Gasteiger partial charge in [-0.05, 0) is 53.3 Å². The van der Waals surface area contributed by atoms with Crippen LogP contribution in [0.4, 0.5) is 5.95 Å². The van der Waals surface area contributed by atoms with Crippen LogP contribution in [0.25, 0.3) is 11.1 Å². The predicted octanol–water partition coefficient (Wildman–Crippen LogP) is 5.96. The van der Waals surface area contributed by atoms with Crippen LogP contribution in [0.3, 0.4) is 0 Å². The molecule has 1 N–H and O–H groups in total. The van der Waals surface area contributed by atoms with E-state index < -0.39 is 0 Å². The molecule has 1 aliphatic rings. The standard InChI is InChI=1S/C27H20ClN3O2/c28-22-8-4-7-20(13-22)21-14-24-23(25(32)15-21)16-29-27(30-24)31-26(33)19-11-9-18(10-12-19)17-5-2-1-3-6-17/h1-13,16,21H,14-15H2,(H,29,30,31,33)/t21-/m0/s1. The van der Waals surface area contributed by atoms with Crippen molar-refractivity contribution in [2.75, 3.05) is 5.32 Å². The molecule has 0 fully saturated rings. The highest BCUT2D eigenvalue weighted by atomic mass is 35.5. The van der Waals surface area contributed by atoms with E-state index >= 15 is 0 Å². The highest BCUT2D eigenvalue weighted by Gasteiger charge is 2.28. The first kappa shape index (κ1) is 21.0. The van der Waals surface area contributed by atoms with Crippen LogP contribution in [0.2, 0.25) is 5.02 Å². The fourth-order valence-corrected chi connectivity index (χ4v) is 4.32. The van der Waals surface area contributed by atoms with Gasteiger partial charge in [0, 0.05) is 23.2 Å². The molecule has 0 spiro atoms. The molecule has 33 heavy (non-hydrogen) atoms.